The Morgan fingerprint density at radius 2 is 1.78 bits per heavy atom. The second-order valence-corrected chi connectivity index (χ2v) is 8.78. The zero-order chi connectivity index (χ0) is 22.2. The molecular formula is C26H22N2O3S. The maximum Gasteiger partial charge on any atom is 0.264 e. The van der Waals surface area contributed by atoms with Gasteiger partial charge in [0.05, 0.1) is 35.7 Å². The summed E-state index contributed by atoms with van der Waals surface area (Å²) >= 11 is 1.50. The van der Waals surface area contributed by atoms with Crippen molar-refractivity contribution >= 4 is 43.4 Å². The molecule has 32 heavy (non-hydrogen) atoms. The molecule has 160 valence electrons. The van der Waals surface area contributed by atoms with E-state index in [2.05, 4.69) is 26.0 Å². The minimum atomic E-state index is -0.184. The van der Waals surface area contributed by atoms with E-state index in [0.29, 0.717) is 22.2 Å². The van der Waals surface area contributed by atoms with Gasteiger partial charge in [0.25, 0.3) is 5.91 Å². The second-order valence-electron chi connectivity index (χ2n) is 7.77. The smallest absolute Gasteiger partial charge is 0.264 e. The molecule has 0 saturated heterocycles. The Morgan fingerprint density at radius 1 is 1.03 bits per heavy atom. The Bertz CT molecular complexity index is 1400. The van der Waals surface area contributed by atoms with Crippen LogP contribution in [0.2, 0.25) is 0 Å². The molecule has 6 heteroatoms. The number of rotatable bonds is 5. The summed E-state index contributed by atoms with van der Waals surface area (Å²) in [7, 11) is 1.58. The zero-order valence-electron chi connectivity index (χ0n) is 18.1. The summed E-state index contributed by atoms with van der Waals surface area (Å²) in [6.45, 7) is 4.43. The number of furan rings is 1. The molecule has 0 N–H and O–H groups in total. The van der Waals surface area contributed by atoms with Crippen molar-refractivity contribution < 1.29 is 13.9 Å². The minimum Gasteiger partial charge on any atom is -0.496 e. The van der Waals surface area contributed by atoms with Crippen molar-refractivity contribution in [2.45, 2.75) is 20.4 Å². The number of benzene rings is 3. The van der Waals surface area contributed by atoms with Crippen molar-refractivity contribution in [2.24, 2.45) is 0 Å². The highest BCUT2D eigenvalue weighted by Crippen LogP contribution is 2.34. The highest BCUT2D eigenvalue weighted by atomic mass is 32.1. The molecule has 0 atom stereocenters. The first-order chi connectivity index (χ1) is 15.5. The lowest BCUT2D eigenvalue weighted by Gasteiger charge is -2.20. The standard InChI is InChI=1S/C26H22N2O3S/c1-16-11-22-24(12-17(16)2)32-26(27-22)28(15-20-9-6-10-31-20)25(29)21-13-18-7-4-5-8-19(18)14-23(21)30-3/h4-14H,15H2,1-3H3. The number of ether oxygens (including phenoxy) is 1. The Kier molecular flexibility index (Phi) is 5.15. The number of nitrogens with zero attached hydrogens (tertiary/aromatic N) is 2. The highest BCUT2D eigenvalue weighted by Gasteiger charge is 2.26. The van der Waals surface area contributed by atoms with Gasteiger partial charge in [-0.1, -0.05) is 35.6 Å². The molecule has 0 aliphatic carbocycles. The van der Waals surface area contributed by atoms with Gasteiger partial charge in [0.1, 0.15) is 11.5 Å². The van der Waals surface area contributed by atoms with Crippen LogP contribution in [-0.4, -0.2) is 18.0 Å². The van der Waals surface area contributed by atoms with E-state index in [1.807, 2.05) is 48.5 Å². The largest absolute Gasteiger partial charge is 0.496 e. The molecule has 0 fully saturated rings. The molecule has 2 heterocycles. The van der Waals surface area contributed by atoms with Gasteiger partial charge in [-0.15, -0.1) is 0 Å². The van der Waals surface area contributed by atoms with E-state index >= 15 is 0 Å². The number of aryl methyl sites for hydroxylation is 2. The molecule has 0 radical (unpaired) electrons. The van der Waals surface area contributed by atoms with Crippen LogP contribution >= 0.6 is 11.3 Å². The number of methoxy groups -OCH3 is 1. The molecule has 0 unspecified atom stereocenters. The number of aromatic nitrogens is 1. The van der Waals surface area contributed by atoms with E-state index in [1.165, 1.54) is 22.5 Å². The number of thiazole rings is 1. The van der Waals surface area contributed by atoms with E-state index in [1.54, 1.807) is 18.3 Å². The predicted octanol–water partition coefficient (Wildman–Crippen LogP) is 6.51. The van der Waals surface area contributed by atoms with Crippen molar-refractivity contribution in [3.05, 3.63) is 89.4 Å². The van der Waals surface area contributed by atoms with Gasteiger partial charge in [-0.25, -0.2) is 4.98 Å². The van der Waals surface area contributed by atoms with Gasteiger partial charge in [0.2, 0.25) is 0 Å². The minimum absolute atomic E-state index is 0.184. The van der Waals surface area contributed by atoms with Crippen LogP contribution in [-0.2, 0) is 6.54 Å². The van der Waals surface area contributed by atoms with E-state index in [0.717, 1.165) is 21.0 Å². The fourth-order valence-electron chi connectivity index (χ4n) is 3.77. The van der Waals surface area contributed by atoms with Crippen LogP contribution in [0.1, 0.15) is 27.2 Å². The van der Waals surface area contributed by atoms with Gasteiger partial charge in [0, 0.05) is 0 Å². The molecule has 0 saturated carbocycles. The number of fused-ring (bicyclic) bond motifs is 2. The topological polar surface area (TPSA) is 55.6 Å². The monoisotopic (exact) mass is 442 g/mol. The Labute approximate surface area is 189 Å². The normalized spacial score (nSPS) is 11.2. The summed E-state index contributed by atoms with van der Waals surface area (Å²) in [5.41, 5.74) is 3.75. The van der Waals surface area contributed by atoms with Gasteiger partial charge in [-0.2, -0.15) is 0 Å². The Morgan fingerprint density at radius 3 is 2.50 bits per heavy atom. The van der Waals surface area contributed by atoms with E-state index in [-0.39, 0.29) is 12.5 Å². The zero-order valence-corrected chi connectivity index (χ0v) is 18.9. The summed E-state index contributed by atoms with van der Waals surface area (Å²) in [5, 5.41) is 2.62. The van der Waals surface area contributed by atoms with Crippen LogP contribution in [0.3, 0.4) is 0 Å². The van der Waals surface area contributed by atoms with Crippen molar-refractivity contribution in [1.29, 1.82) is 0 Å². The van der Waals surface area contributed by atoms with Crippen molar-refractivity contribution in [3.8, 4) is 5.75 Å². The molecule has 5 rings (SSSR count). The van der Waals surface area contributed by atoms with Crippen molar-refractivity contribution in [2.75, 3.05) is 12.0 Å². The van der Waals surface area contributed by atoms with E-state index in [9.17, 15) is 4.79 Å². The lowest BCUT2D eigenvalue weighted by molar-refractivity contribution is 0.0980. The van der Waals surface area contributed by atoms with Crippen LogP contribution in [0.15, 0.2) is 71.3 Å². The summed E-state index contributed by atoms with van der Waals surface area (Å²) in [4.78, 5) is 20.3. The molecule has 1 amide bonds. The SMILES string of the molecule is COc1cc2ccccc2cc1C(=O)N(Cc1ccco1)c1nc2cc(C)c(C)cc2s1. The quantitative estimate of drug-likeness (QED) is 0.311. The van der Waals surface area contributed by atoms with Gasteiger partial charge in [-0.3, -0.25) is 9.69 Å². The fourth-order valence-corrected chi connectivity index (χ4v) is 4.81. The average molecular weight is 443 g/mol. The predicted molar refractivity (Wildman–Crippen MR) is 129 cm³/mol. The number of carbonyl (C=O) groups is 1. The van der Waals surface area contributed by atoms with Crippen molar-refractivity contribution in [1.82, 2.24) is 4.98 Å². The maximum absolute atomic E-state index is 13.9. The summed E-state index contributed by atoms with van der Waals surface area (Å²) in [6.07, 6.45) is 1.61. The van der Waals surface area contributed by atoms with Crippen LogP contribution in [0, 0.1) is 13.8 Å². The first kappa shape index (κ1) is 20.3. The van der Waals surface area contributed by atoms with Gasteiger partial charge in [-0.05, 0) is 72.1 Å². The molecule has 2 aromatic heterocycles. The third-order valence-corrected chi connectivity index (χ3v) is 6.70. The summed E-state index contributed by atoms with van der Waals surface area (Å²) < 4.78 is 12.2. The Balaban J connectivity index is 1.64. The highest BCUT2D eigenvalue weighted by molar-refractivity contribution is 7.22. The van der Waals surface area contributed by atoms with Crippen LogP contribution in [0.25, 0.3) is 21.0 Å². The van der Waals surface area contributed by atoms with Crippen LogP contribution in [0.5, 0.6) is 5.75 Å². The first-order valence-electron chi connectivity index (χ1n) is 10.3. The number of carbonyl (C=O) groups excluding carboxylic acids is 1. The fraction of sp³-hybridized carbons (Fsp3) is 0.154. The molecule has 0 spiro atoms. The molecule has 3 aromatic carbocycles. The Hall–Kier alpha value is -3.64. The van der Waals surface area contributed by atoms with Crippen LogP contribution in [0.4, 0.5) is 5.13 Å². The molecule has 0 aliphatic rings. The summed E-state index contributed by atoms with van der Waals surface area (Å²) in [6, 6.07) is 19.6. The summed E-state index contributed by atoms with van der Waals surface area (Å²) in [5.74, 6) is 1.03. The molecule has 0 aliphatic heterocycles. The number of anilines is 1. The maximum atomic E-state index is 13.9. The van der Waals surface area contributed by atoms with Gasteiger partial charge < -0.3 is 9.15 Å². The second kappa shape index (κ2) is 8.13. The lowest BCUT2D eigenvalue weighted by Crippen LogP contribution is -2.30. The molecule has 0 bridgehead atoms. The van der Waals surface area contributed by atoms with E-state index in [4.69, 9.17) is 14.1 Å². The van der Waals surface area contributed by atoms with Crippen LogP contribution < -0.4 is 9.64 Å². The molecule has 5 aromatic rings. The first-order valence-corrected chi connectivity index (χ1v) is 11.1. The third-order valence-electron chi connectivity index (χ3n) is 5.66. The third kappa shape index (κ3) is 3.63. The number of hydrogen-bond donors (Lipinski definition) is 0. The van der Waals surface area contributed by atoms with E-state index < -0.39 is 0 Å². The number of hydrogen-bond acceptors (Lipinski definition) is 5. The average Bonchev–Trinajstić information content (AvgIpc) is 3.46. The van der Waals surface area contributed by atoms with Crippen molar-refractivity contribution in [3.63, 3.8) is 0 Å². The number of amides is 1. The molecule has 5 nitrogen and oxygen atoms in total. The van der Waals surface area contributed by atoms with Gasteiger partial charge >= 0.3 is 0 Å². The van der Waals surface area contributed by atoms with Gasteiger partial charge in [0.15, 0.2) is 5.13 Å². The molecular weight excluding hydrogens is 420 g/mol. The lowest BCUT2D eigenvalue weighted by atomic mass is 10.0.